The second-order valence-corrected chi connectivity index (χ2v) is 5.33. The summed E-state index contributed by atoms with van der Waals surface area (Å²) < 4.78 is 0. The molecule has 1 aliphatic rings. The van der Waals surface area contributed by atoms with E-state index in [1.54, 1.807) is 0 Å². The van der Waals surface area contributed by atoms with Gasteiger partial charge in [0.2, 0.25) is 0 Å². The minimum Gasteiger partial charge on any atom is -0.387 e. The maximum Gasteiger partial charge on any atom is 0.0964 e. The van der Waals surface area contributed by atoms with Crippen LogP contribution in [0.1, 0.15) is 17.2 Å². The fourth-order valence-electron chi connectivity index (χ4n) is 2.60. The van der Waals surface area contributed by atoms with Crippen LogP contribution in [-0.4, -0.2) is 18.2 Å². The molecule has 0 fully saturated rings. The van der Waals surface area contributed by atoms with Crippen molar-refractivity contribution in [2.24, 2.45) is 0 Å². The van der Waals surface area contributed by atoms with E-state index >= 15 is 0 Å². The number of halogens is 1. The molecule has 3 heteroatoms. The van der Waals surface area contributed by atoms with Crippen molar-refractivity contribution in [2.45, 2.75) is 12.5 Å². The molecule has 0 radical (unpaired) electrons. The number of benzene rings is 2. The van der Waals surface area contributed by atoms with Gasteiger partial charge in [0.05, 0.1) is 6.10 Å². The fourth-order valence-corrected chi connectivity index (χ4v) is 2.72. The summed E-state index contributed by atoms with van der Waals surface area (Å²) >= 11 is 5.86. The van der Waals surface area contributed by atoms with Crippen LogP contribution in [0, 0.1) is 0 Å². The number of hydrogen-bond acceptors (Lipinski definition) is 2. The Bertz CT molecular complexity index is 567. The van der Waals surface area contributed by atoms with Gasteiger partial charge >= 0.3 is 0 Å². The average molecular weight is 274 g/mol. The van der Waals surface area contributed by atoms with E-state index in [-0.39, 0.29) is 0 Å². The highest BCUT2D eigenvalue weighted by Gasteiger charge is 2.21. The van der Waals surface area contributed by atoms with E-state index in [0.29, 0.717) is 11.6 Å². The van der Waals surface area contributed by atoms with Gasteiger partial charge in [0.25, 0.3) is 0 Å². The van der Waals surface area contributed by atoms with Gasteiger partial charge < -0.3 is 10.0 Å². The third-order valence-corrected chi connectivity index (χ3v) is 3.88. The van der Waals surface area contributed by atoms with E-state index in [2.05, 4.69) is 23.1 Å². The average Bonchev–Trinajstić information content (AvgIpc) is 2.83. The molecule has 0 bridgehead atoms. The van der Waals surface area contributed by atoms with Crippen molar-refractivity contribution < 1.29 is 5.11 Å². The molecule has 0 aromatic heterocycles. The number of β-amino-alcohol motifs (C(OH)–C–C–N with tert-alkyl or cyclic N) is 1. The van der Waals surface area contributed by atoms with Crippen LogP contribution in [0.3, 0.4) is 0 Å². The van der Waals surface area contributed by atoms with Gasteiger partial charge in [-0.1, -0.05) is 41.9 Å². The predicted molar refractivity (Wildman–Crippen MR) is 78.8 cm³/mol. The third-order valence-electron chi connectivity index (χ3n) is 3.63. The van der Waals surface area contributed by atoms with Crippen molar-refractivity contribution in [3.05, 3.63) is 64.7 Å². The van der Waals surface area contributed by atoms with Crippen molar-refractivity contribution >= 4 is 17.3 Å². The Kier molecular flexibility index (Phi) is 3.45. The highest BCUT2D eigenvalue weighted by atomic mass is 35.5. The summed E-state index contributed by atoms with van der Waals surface area (Å²) in [6, 6.07) is 15.8. The summed E-state index contributed by atoms with van der Waals surface area (Å²) in [7, 11) is 0. The molecule has 0 amide bonds. The number of aliphatic hydroxyl groups is 1. The number of nitrogens with zero attached hydrogens (tertiary/aromatic N) is 1. The Morgan fingerprint density at radius 3 is 2.63 bits per heavy atom. The zero-order valence-corrected chi connectivity index (χ0v) is 11.3. The zero-order chi connectivity index (χ0) is 13.2. The number of para-hydroxylation sites is 1. The van der Waals surface area contributed by atoms with Gasteiger partial charge in [-0.15, -0.1) is 0 Å². The molecule has 2 nitrogen and oxygen atoms in total. The molecule has 1 heterocycles. The molecule has 0 spiro atoms. The molecule has 3 rings (SSSR count). The molecule has 1 N–H and O–H groups in total. The van der Waals surface area contributed by atoms with E-state index in [1.807, 2.05) is 30.3 Å². The summed E-state index contributed by atoms with van der Waals surface area (Å²) in [5.41, 5.74) is 3.52. The van der Waals surface area contributed by atoms with Gasteiger partial charge in [0, 0.05) is 23.8 Å². The van der Waals surface area contributed by atoms with Crippen molar-refractivity contribution in [1.82, 2.24) is 0 Å². The molecule has 1 atom stereocenters. The normalized spacial score (nSPS) is 15.4. The van der Waals surface area contributed by atoms with Crippen LogP contribution in [0.25, 0.3) is 0 Å². The van der Waals surface area contributed by atoms with Crippen LogP contribution < -0.4 is 4.90 Å². The second-order valence-electron chi connectivity index (χ2n) is 4.89. The SMILES string of the molecule is OC(CN1CCc2ccccc21)c1ccc(Cl)cc1. The molecule has 0 saturated heterocycles. The van der Waals surface area contributed by atoms with Gasteiger partial charge in [-0.25, -0.2) is 0 Å². The predicted octanol–water partition coefficient (Wildman–Crippen LogP) is 3.44. The molecule has 19 heavy (non-hydrogen) atoms. The highest BCUT2D eigenvalue weighted by Crippen LogP contribution is 2.29. The Balaban J connectivity index is 1.74. The maximum absolute atomic E-state index is 10.3. The van der Waals surface area contributed by atoms with Gasteiger partial charge in [-0.2, -0.15) is 0 Å². The first kappa shape index (κ1) is 12.5. The molecular formula is C16H16ClNO. The number of fused-ring (bicyclic) bond motifs is 1. The lowest BCUT2D eigenvalue weighted by Gasteiger charge is -2.23. The maximum atomic E-state index is 10.3. The first-order chi connectivity index (χ1) is 9.24. The number of anilines is 1. The topological polar surface area (TPSA) is 23.5 Å². The van der Waals surface area contributed by atoms with Gasteiger partial charge in [0.1, 0.15) is 0 Å². The highest BCUT2D eigenvalue weighted by molar-refractivity contribution is 6.30. The first-order valence-corrected chi connectivity index (χ1v) is 6.88. The lowest BCUT2D eigenvalue weighted by Crippen LogP contribution is -2.26. The minimum atomic E-state index is -0.483. The van der Waals surface area contributed by atoms with Gasteiger partial charge in [0.15, 0.2) is 0 Å². The Morgan fingerprint density at radius 2 is 1.84 bits per heavy atom. The summed E-state index contributed by atoms with van der Waals surface area (Å²) in [5, 5.41) is 11.0. The summed E-state index contributed by atoms with van der Waals surface area (Å²) in [4.78, 5) is 2.24. The second kappa shape index (κ2) is 5.24. The van der Waals surface area contributed by atoms with E-state index in [4.69, 9.17) is 11.6 Å². The van der Waals surface area contributed by atoms with Gasteiger partial charge in [-0.3, -0.25) is 0 Å². The van der Waals surface area contributed by atoms with Crippen LogP contribution in [-0.2, 0) is 6.42 Å². The molecule has 0 saturated carbocycles. The largest absolute Gasteiger partial charge is 0.387 e. The number of hydrogen-bond donors (Lipinski definition) is 1. The fraction of sp³-hybridized carbons (Fsp3) is 0.250. The first-order valence-electron chi connectivity index (χ1n) is 6.50. The van der Waals surface area contributed by atoms with Crippen molar-refractivity contribution in [2.75, 3.05) is 18.0 Å². The van der Waals surface area contributed by atoms with Crippen LogP contribution in [0.2, 0.25) is 5.02 Å². The molecule has 1 aliphatic heterocycles. The Hall–Kier alpha value is -1.51. The van der Waals surface area contributed by atoms with Crippen LogP contribution in [0.4, 0.5) is 5.69 Å². The lowest BCUT2D eigenvalue weighted by atomic mass is 10.1. The molecule has 2 aromatic carbocycles. The summed E-state index contributed by atoms with van der Waals surface area (Å²) in [6.07, 6.45) is 0.576. The summed E-state index contributed by atoms with van der Waals surface area (Å²) in [6.45, 7) is 1.60. The Labute approximate surface area is 118 Å². The summed E-state index contributed by atoms with van der Waals surface area (Å²) in [5.74, 6) is 0. The van der Waals surface area contributed by atoms with Gasteiger partial charge in [-0.05, 0) is 35.7 Å². The van der Waals surface area contributed by atoms with E-state index < -0.39 is 6.10 Å². The lowest BCUT2D eigenvalue weighted by molar-refractivity contribution is 0.184. The Morgan fingerprint density at radius 1 is 1.11 bits per heavy atom. The van der Waals surface area contributed by atoms with Crippen LogP contribution in [0.5, 0.6) is 0 Å². The van der Waals surface area contributed by atoms with E-state index in [0.717, 1.165) is 18.5 Å². The molecular weight excluding hydrogens is 258 g/mol. The van der Waals surface area contributed by atoms with Crippen LogP contribution in [0.15, 0.2) is 48.5 Å². The van der Waals surface area contributed by atoms with Crippen molar-refractivity contribution in [3.63, 3.8) is 0 Å². The molecule has 2 aromatic rings. The van der Waals surface area contributed by atoms with E-state index in [1.165, 1.54) is 11.3 Å². The molecule has 1 unspecified atom stereocenters. The smallest absolute Gasteiger partial charge is 0.0964 e. The number of rotatable bonds is 3. The van der Waals surface area contributed by atoms with Crippen molar-refractivity contribution in [1.29, 1.82) is 0 Å². The minimum absolute atomic E-state index is 0.483. The van der Waals surface area contributed by atoms with Crippen LogP contribution >= 0.6 is 11.6 Å². The molecule has 98 valence electrons. The zero-order valence-electron chi connectivity index (χ0n) is 10.6. The standard InChI is InChI=1S/C16H16ClNO/c17-14-7-5-13(6-8-14)16(19)11-18-10-9-12-3-1-2-4-15(12)18/h1-8,16,19H,9-11H2. The molecule has 0 aliphatic carbocycles. The van der Waals surface area contributed by atoms with E-state index in [9.17, 15) is 5.11 Å². The van der Waals surface area contributed by atoms with Crippen molar-refractivity contribution in [3.8, 4) is 0 Å². The quantitative estimate of drug-likeness (QED) is 0.926. The monoisotopic (exact) mass is 273 g/mol. The third kappa shape index (κ3) is 2.60. The number of aliphatic hydroxyl groups excluding tert-OH is 1.